The molecule has 0 N–H and O–H groups in total. The summed E-state index contributed by atoms with van der Waals surface area (Å²) in [5.74, 6) is 0.761. The average molecular weight is 393 g/mol. The van der Waals surface area contributed by atoms with Gasteiger partial charge in [-0.2, -0.15) is 0 Å². The van der Waals surface area contributed by atoms with Gasteiger partial charge in [-0.25, -0.2) is 14.9 Å². The van der Waals surface area contributed by atoms with Crippen molar-refractivity contribution in [3.05, 3.63) is 54.1 Å². The van der Waals surface area contributed by atoms with E-state index in [2.05, 4.69) is 10.0 Å². The van der Waals surface area contributed by atoms with Crippen LogP contribution in [-0.2, 0) is 9.59 Å². The summed E-state index contributed by atoms with van der Waals surface area (Å²) < 4.78 is 10.5. The van der Waals surface area contributed by atoms with Gasteiger partial charge in [0.1, 0.15) is 17.5 Å². The van der Waals surface area contributed by atoms with Crippen LogP contribution in [0.3, 0.4) is 0 Å². The number of hydrogen-bond donors (Lipinski definition) is 0. The van der Waals surface area contributed by atoms with Crippen LogP contribution < -0.4 is 14.4 Å². The van der Waals surface area contributed by atoms with Gasteiger partial charge in [0.25, 0.3) is 5.91 Å². The third-order valence-corrected chi connectivity index (χ3v) is 6.19. The van der Waals surface area contributed by atoms with Crippen LogP contribution in [0.5, 0.6) is 11.5 Å². The Morgan fingerprint density at radius 3 is 1.90 bits per heavy atom. The molecular weight excluding hydrogens is 370 g/mol. The van der Waals surface area contributed by atoms with E-state index in [1.165, 1.54) is 4.90 Å². The van der Waals surface area contributed by atoms with Gasteiger partial charge in [0.05, 0.1) is 31.9 Å². The molecule has 0 spiro atoms. The molecule has 3 fully saturated rings. The van der Waals surface area contributed by atoms with Gasteiger partial charge in [0, 0.05) is 13.1 Å². The molecule has 3 saturated heterocycles. The van der Waals surface area contributed by atoms with Gasteiger partial charge in [-0.1, -0.05) is 12.1 Å². The highest BCUT2D eigenvalue weighted by atomic mass is 16.5. The number of fused-ring (bicyclic) bond motifs is 3. The standard InChI is InChI=1S/C22H23N3O4/c1-28-16-8-4-14(5-9-16)19-18-20(24-13-3-12-23(19)24)22(27)25(21(18)26)15-6-10-17(29-2)11-7-15/h4-11,18-20H,3,12-13H2,1-2H3/t18-,19-,20-/m1/s1. The Labute approximate surface area is 169 Å². The fourth-order valence-electron chi connectivity index (χ4n) is 4.90. The molecule has 7 heteroatoms. The second-order valence-electron chi connectivity index (χ2n) is 7.58. The highest BCUT2D eigenvalue weighted by Crippen LogP contribution is 2.49. The smallest absolute Gasteiger partial charge is 0.253 e. The molecule has 0 unspecified atom stereocenters. The van der Waals surface area contributed by atoms with E-state index in [1.54, 1.807) is 38.5 Å². The molecular formula is C22H23N3O4. The summed E-state index contributed by atoms with van der Waals surface area (Å²) in [5.41, 5.74) is 1.62. The topological polar surface area (TPSA) is 62.3 Å². The van der Waals surface area contributed by atoms with E-state index < -0.39 is 12.0 Å². The Morgan fingerprint density at radius 1 is 0.759 bits per heavy atom. The van der Waals surface area contributed by atoms with E-state index in [-0.39, 0.29) is 17.9 Å². The molecule has 2 aromatic rings. The minimum absolute atomic E-state index is 0.139. The largest absolute Gasteiger partial charge is 0.497 e. The number of hydrogen-bond acceptors (Lipinski definition) is 6. The molecule has 0 bridgehead atoms. The van der Waals surface area contributed by atoms with Crippen LogP contribution in [0.25, 0.3) is 0 Å². The van der Waals surface area contributed by atoms with Crippen LogP contribution in [0, 0.1) is 5.92 Å². The lowest BCUT2D eigenvalue weighted by atomic mass is 9.90. The number of benzene rings is 2. The van der Waals surface area contributed by atoms with E-state index in [4.69, 9.17) is 9.47 Å². The number of carbonyl (C=O) groups excluding carboxylic acids is 2. The molecule has 150 valence electrons. The molecule has 3 heterocycles. The van der Waals surface area contributed by atoms with Crippen LogP contribution >= 0.6 is 0 Å². The summed E-state index contributed by atoms with van der Waals surface area (Å²) in [6.07, 6.45) is 0.986. The van der Waals surface area contributed by atoms with Crippen molar-refractivity contribution in [3.8, 4) is 11.5 Å². The lowest BCUT2D eigenvalue weighted by molar-refractivity contribution is -0.126. The maximum Gasteiger partial charge on any atom is 0.253 e. The Hall–Kier alpha value is -2.90. The number of anilines is 1. The monoisotopic (exact) mass is 393 g/mol. The first-order valence-corrected chi connectivity index (χ1v) is 9.83. The molecule has 0 saturated carbocycles. The van der Waals surface area contributed by atoms with Crippen LogP contribution in [-0.4, -0.2) is 55.2 Å². The molecule has 2 aromatic carbocycles. The lowest BCUT2D eigenvalue weighted by Gasteiger charge is -2.29. The number of imide groups is 1. The van der Waals surface area contributed by atoms with Crippen molar-refractivity contribution in [3.63, 3.8) is 0 Å². The molecule has 7 nitrogen and oxygen atoms in total. The number of carbonyl (C=O) groups is 2. The maximum absolute atomic E-state index is 13.5. The second-order valence-corrected chi connectivity index (χ2v) is 7.58. The van der Waals surface area contributed by atoms with Crippen LogP contribution in [0.2, 0.25) is 0 Å². The van der Waals surface area contributed by atoms with E-state index in [1.807, 2.05) is 24.3 Å². The summed E-state index contributed by atoms with van der Waals surface area (Å²) in [6, 6.07) is 14.3. The van der Waals surface area contributed by atoms with Crippen molar-refractivity contribution in [2.45, 2.75) is 18.5 Å². The average Bonchev–Trinajstić information content (AvgIpc) is 3.40. The van der Waals surface area contributed by atoms with Gasteiger partial charge < -0.3 is 9.47 Å². The molecule has 0 aromatic heterocycles. The van der Waals surface area contributed by atoms with Crippen molar-refractivity contribution in [2.24, 2.45) is 5.92 Å². The quantitative estimate of drug-likeness (QED) is 0.743. The van der Waals surface area contributed by atoms with Gasteiger partial charge >= 0.3 is 0 Å². The predicted molar refractivity (Wildman–Crippen MR) is 107 cm³/mol. The molecule has 29 heavy (non-hydrogen) atoms. The van der Waals surface area contributed by atoms with E-state index in [0.29, 0.717) is 11.4 Å². The number of nitrogens with zero attached hydrogens (tertiary/aromatic N) is 3. The Morgan fingerprint density at radius 2 is 1.31 bits per heavy atom. The second kappa shape index (κ2) is 6.86. The first-order valence-electron chi connectivity index (χ1n) is 9.83. The minimum Gasteiger partial charge on any atom is -0.497 e. The normalized spacial score (nSPS) is 26.7. The summed E-state index contributed by atoms with van der Waals surface area (Å²) in [4.78, 5) is 28.2. The Bertz CT molecular complexity index is 944. The first kappa shape index (κ1) is 18.1. The van der Waals surface area contributed by atoms with E-state index in [0.717, 1.165) is 30.8 Å². The molecule has 3 aliphatic rings. The van der Waals surface area contributed by atoms with Crippen molar-refractivity contribution < 1.29 is 19.1 Å². The summed E-state index contributed by atoms with van der Waals surface area (Å²) >= 11 is 0. The third-order valence-electron chi connectivity index (χ3n) is 6.19. The molecule has 3 aliphatic heterocycles. The van der Waals surface area contributed by atoms with Gasteiger partial charge in [0.2, 0.25) is 5.91 Å². The number of ether oxygens (including phenoxy) is 2. The lowest BCUT2D eigenvalue weighted by Crippen LogP contribution is -2.44. The number of methoxy groups -OCH3 is 2. The Balaban J connectivity index is 1.53. The summed E-state index contributed by atoms with van der Waals surface area (Å²) in [5, 5.41) is 4.31. The van der Waals surface area contributed by atoms with Crippen LogP contribution in [0.15, 0.2) is 48.5 Å². The fourth-order valence-corrected chi connectivity index (χ4v) is 4.90. The first-order chi connectivity index (χ1) is 14.1. The van der Waals surface area contributed by atoms with Gasteiger partial charge in [-0.3, -0.25) is 9.59 Å². The van der Waals surface area contributed by atoms with Gasteiger partial charge in [0.15, 0.2) is 0 Å². The van der Waals surface area contributed by atoms with Crippen LogP contribution in [0.1, 0.15) is 18.0 Å². The van der Waals surface area contributed by atoms with Crippen molar-refractivity contribution in [2.75, 3.05) is 32.2 Å². The van der Waals surface area contributed by atoms with Crippen molar-refractivity contribution >= 4 is 17.5 Å². The summed E-state index contributed by atoms with van der Waals surface area (Å²) in [6.45, 7) is 1.65. The number of hydrazine groups is 1. The fraction of sp³-hybridized carbons (Fsp3) is 0.364. The molecule has 5 rings (SSSR count). The van der Waals surface area contributed by atoms with Gasteiger partial charge in [-0.15, -0.1) is 0 Å². The number of rotatable bonds is 4. The third kappa shape index (κ3) is 2.65. The van der Waals surface area contributed by atoms with Crippen molar-refractivity contribution in [1.82, 2.24) is 10.0 Å². The van der Waals surface area contributed by atoms with Crippen molar-refractivity contribution in [1.29, 1.82) is 0 Å². The highest BCUT2D eigenvalue weighted by Gasteiger charge is 2.62. The zero-order chi connectivity index (χ0) is 20.1. The van der Waals surface area contributed by atoms with Crippen LogP contribution in [0.4, 0.5) is 5.69 Å². The van der Waals surface area contributed by atoms with E-state index in [9.17, 15) is 9.59 Å². The SMILES string of the molecule is COc1ccc([C@@H]2[C@H]3C(=O)N(c4ccc(OC)cc4)C(=O)[C@@H]3N3CCCN23)cc1. The van der Waals surface area contributed by atoms with E-state index >= 15 is 0 Å². The Kier molecular flexibility index (Phi) is 4.29. The number of amides is 2. The maximum atomic E-state index is 13.5. The summed E-state index contributed by atoms with van der Waals surface area (Å²) in [7, 11) is 3.22. The van der Waals surface area contributed by atoms with Gasteiger partial charge in [-0.05, 0) is 48.4 Å². The zero-order valence-corrected chi connectivity index (χ0v) is 16.4. The minimum atomic E-state index is -0.445. The zero-order valence-electron chi connectivity index (χ0n) is 16.4. The molecule has 2 amide bonds. The molecule has 0 aliphatic carbocycles. The molecule has 3 atom stereocenters. The predicted octanol–water partition coefficient (Wildman–Crippen LogP) is 2.24. The highest BCUT2D eigenvalue weighted by molar-refractivity contribution is 6.24. The molecule has 0 radical (unpaired) electrons.